The highest BCUT2D eigenvalue weighted by Crippen LogP contribution is 2.54. The lowest BCUT2D eigenvalue weighted by Crippen LogP contribution is -2.56. The van der Waals surface area contributed by atoms with Crippen molar-refractivity contribution in [2.45, 2.75) is 37.6 Å². The van der Waals surface area contributed by atoms with Crippen LogP contribution in [0.5, 0.6) is 0 Å². The molecule has 1 saturated heterocycles. The molecule has 1 fully saturated rings. The first-order valence-electron chi connectivity index (χ1n) is 11.1. The third kappa shape index (κ3) is 3.53. The fourth-order valence-electron chi connectivity index (χ4n) is 4.66. The minimum Gasteiger partial charge on any atom is -0.304 e. The number of amides is 2. The molecule has 0 bridgehead atoms. The van der Waals surface area contributed by atoms with Crippen molar-refractivity contribution in [1.82, 2.24) is 0 Å². The Labute approximate surface area is 197 Å². The van der Waals surface area contributed by atoms with Crippen LogP contribution in [0, 0.1) is 5.82 Å². The van der Waals surface area contributed by atoms with Gasteiger partial charge in [-0.2, -0.15) is 0 Å². The molecule has 0 saturated carbocycles. The van der Waals surface area contributed by atoms with Crippen LogP contribution in [0.15, 0.2) is 72.8 Å². The summed E-state index contributed by atoms with van der Waals surface area (Å²) in [6.45, 7) is 4.57. The molecule has 0 aliphatic carbocycles. The Bertz CT molecular complexity index is 1210. The molecular weight excluding hydrogens is 435 g/mol. The number of anilines is 2. The molecule has 33 heavy (non-hydrogen) atoms. The Morgan fingerprint density at radius 3 is 2.36 bits per heavy atom. The zero-order valence-electron chi connectivity index (χ0n) is 18.6. The van der Waals surface area contributed by atoms with Crippen molar-refractivity contribution in [1.29, 1.82) is 0 Å². The van der Waals surface area contributed by atoms with Crippen LogP contribution in [0.3, 0.4) is 0 Å². The molecule has 2 heterocycles. The molecule has 1 atom stereocenters. The quantitative estimate of drug-likeness (QED) is 0.493. The van der Waals surface area contributed by atoms with Gasteiger partial charge in [-0.1, -0.05) is 56.3 Å². The fourth-order valence-corrected chi connectivity index (χ4v) is 6.13. The van der Waals surface area contributed by atoms with Gasteiger partial charge < -0.3 is 4.90 Å². The van der Waals surface area contributed by atoms with Gasteiger partial charge in [-0.25, -0.2) is 4.39 Å². The maximum absolute atomic E-state index is 14.2. The summed E-state index contributed by atoms with van der Waals surface area (Å²) < 4.78 is 13.4. The number of hydrogen-bond donors (Lipinski definition) is 0. The van der Waals surface area contributed by atoms with Crippen LogP contribution in [0.25, 0.3) is 0 Å². The summed E-state index contributed by atoms with van der Waals surface area (Å²) in [6, 6.07) is 21.8. The monoisotopic (exact) mass is 460 g/mol. The molecule has 2 aliphatic rings. The second kappa shape index (κ2) is 8.34. The van der Waals surface area contributed by atoms with E-state index in [1.165, 1.54) is 29.5 Å². The average Bonchev–Trinajstić information content (AvgIpc) is 3.04. The Morgan fingerprint density at radius 1 is 0.970 bits per heavy atom. The summed E-state index contributed by atoms with van der Waals surface area (Å²) in [5.74, 6) is 0.438. The van der Waals surface area contributed by atoms with E-state index in [1.807, 2.05) is 48.5 Å². The number of thioether (sulfide) groups is 1. The topological polar surface area (TPSA) is 40.6 Å². The number of para-hydroxylation sites is 1. The smallest absolute Gasteiger partial charge is 0.269 e. The molecule has 2 aliphatic heterocycles. The van der Waals surface area contributed by atoms with E-state index in [0.717, 1.165) is 22.5 Å². The number of nitrogens with zero attached hydrogens (tertiary/aromatic N) is 2. The number of benzene rings is 3. The van der Waals surface area contributed by atoms with E-state index in [2.05, 4.69) is 13.8 Å². The second-order valence-electron chi connectivity index (χ2n) is 8.75. The SMILES string of the molecule is CC(C)c1ccc(N2C(=O)CCSC23C(=O)N(Cc2ccc(F)cc2)c2ccccc23)cc1. The highest BCUT2D eigenvalue weighted by atomic mass is 32.2. The van der Waals surface area contributed by atoms with E-state index in [4.69, 9.17) is 0 Å². The van der Waals surface area contributed by atoms with Crippen LogP contribution >= 0.6 is 11.8 Å². The Hall–Kier alpha value is -3.12. The van der Waals surface area contributed by atoms with Crippen LogP contribution < -0.4 is 9.80 Å². The van der Waals surface area contributed by atoms with Gasteiger partial charge in [-0.15, -0.1) is 11.8 Å². The molecule has 3 aromatic carbocycles. The lowest BCUT2D eigenvalue weighted by atomic mass is 10.0. The largest absolute Gasteiger partial charge is 0.304 e. The van der Waals surface area contributed by atoms with Crippen LogP contribution in [0.2, 0.25) is 0 Å². The first-order valence-corrected chi connectivity index (χ1v) is 12.1. The van der Waals surface area contributed by atoms with Gasteiger partial charge in [0.2, 0.25) is 10.8 Å². The van der Waals surface area contributed by atoms with Gasteiger partial charge in [0.15, 0.2) is 0 Å². The lowest BCUT2D eigenvalue weighted by molar-refractivity contribution is -0.125. The molecular formula is C27H25FN2O2S. The van der Waals surface area contributed by atoms with Crippen LogP contribution in [-0.2, 0) is 21.0 Å². The molecule has 1 unspecified atom stereocenters. The van der Waals surface area contributed by atoms with Crippen molar-refractivity contribution in [2.75, 3.05) is 15.6 Å². The predicted molar refractivity (Wildman–Crippen MR) is 131 cm³/mol. The van der Waals surface area contributed by atoms with Gasteiger partial charge in [0.25, 0.3) is 5.91 Å². The maximum Gasteiger partial charge on any atom is 0.269 e. The number of hydrogen-bond acceptors (Lipinski definition) is 3. The van der Waals surface area contributed by atoms with E-state index in [-0.39, 0.29) is 17.6 Å². The Morgan fingerprint density at radius 2 is 1.67 bits per heavy atom. The fraction of sp³-hybridized carbons (Fsp3) is 0.259. The van der Waals surface area contributed by atoms with Gasteiger partial charge in [-0.05, 0) is 47.4 Å². The number of fused-ring (bicyclic) bond motifs is 2. The van der Waals surface area contributed by atoms with Crippen molar-refractivity contribution in [3.8, 4) is 0 Å². The first-order chi connectivity index (χ1) is 15.9. The number of rotatable bonds is 4. The van der Waals surface area contributed by atoms with Crippen molar-refractivity contribution < 1.29 is 14.0 Å². The summed E-state index contributed by atoms with van der Waals surface area (Å²) in [6.07, 6.45) is 0.381. The molecule has 6 heteroatoms. The van der Waals surface area contributed by atoms with E-state index >= 15 is 0 Å². The summed E-state index contributed by atoms with van der Waals surface area (Å²) in [7, 11) is 0. The summed E-state index contributed by atoms with van der Waals surface area (Å²) in [4.78, 5) is 29.8. The zero-order valence-corrected chi connectivity index (χ0v) is 19.4. The molecule has 2 amide bonds. The van der Waals surface area contributed by atoms with Crippen LogP contribution in [0.1, 0.15) is 42.9 Å². The lowest BCUT2D eigenvalue weighted by Gasteiger charge is -2.43. The van der Waals surface area contributed by atoms with E-state index < -0.39 is 4.87 Å². The minimum atomic E-state index is -1.15. The van der Waals surface area contributed by atoms with E-state index in [9.17, 15) is 14.0 Å². The third-order valence-electron chi connectivity index (χ3n) is 6.36. The van der Waals surface area contributed by atoms with Gasteiger partial charge >= 0.3 is 0 Å². The van der Waals surface area contributed by atoms with E-state index in [0.29, 0.717) is 24.6 Å². The number of carbonyl (C=O) groups excluding carboxylic acids is 2. The molecule has 0 N–H and O–H groups in total. The number of halogens is 1. The average molecular weight is 461 g/mol. The van der Waals surface area contributed by atoms with E-state index in [1.54, 1.807) is 21.9 Å². The Kier molecular flexibility index (Phi) is 5.49. The zero-order chi connectivity index (χ0) is 23.2. The molecule has 0 aromatic heterocycles. The molecule has 1 spiro atoms. The van der Waals surface area contributed by atoms with Gasteiger partial charge in [0, 0.05) is 23.4 Å². The number of carbonyl (C=O) groups is 2. The highest BCUT2D eigenvalue weighted by molar-refractivity contribution is 8.01. The minimum absolute atomic E-state index is 0.0576. The standard InChI is InChI=1S/C27H25FN2O2S/c1-18(2)20-9-13-22(14-10-20)30-25(31)15-16-33-27(30)23-5-3-4-6-24(23)29(26(27)32)17-19-7-11-21(28)12-8-19/h3-14,18H,15-17H2,1-2H3. The van der Waals surface area contributed by atoms with Crippen molar-refractivity contribution in [3.63, 3.8) is 0 Å². The molecule has 168 valence electrons. The summed E-state index contributed by atoms with van der Waals surface area (Å²) >= 11 is 1.51. The predicted octanol–water partition coefficient (Wildman–Crippen LogP) is 5.82. The van der Waals surface area contributed by atoms with Crippen molar-refractivity contribution >= 4 is 35.0 Å². The van der Waals surface area contributed by atoms with Crippen LogP contribution in [0.4, 0.5) is 15.8 Å². The Balaban J connectivity index is 1.62. The molecule has 4 nitrogen and oxygen atoms in total. The first kappa shape index (κ1) is 21.7. The summed E-state index contributed by atoms with van der Waals surface area (Å²) in [5, 5.41) is 0. The van der Waals surface area contributed by atoms with Gasteiger partial charge in [0.05, 0.1) is 12.2 Å². The highest BCUT2D eigenvalue weighted by Gasteiger charge is 2.58. The molecule has 5 rings (SSSR count). The van der Waals surface area contributed by atoms with Crippen molar-refractivity contribution in [2.24, 2.45) is 0 Å². The molecule has 0 radical (unpaired) electrons. The van der Waals surface area contributed by atoms with Crippen LogP contribution in [-0.4, -0.2) is 17.6 Å². The maximum atomic E-state index is 14.2. The second-order valence-corrected chi connectivity index (χ2v) is 10.0. The van der Waals surface area contributed by atoms with Crippen molar-refractivity contribution in [3.05, 3.63) is 95.3 Å². The molecule has 3 aromatic rings. The normalized spacial score (nSPS) is 20.1. The third-order valence-corrected chi connectivity index (χ3v) is 7.76. The van der Waals surface area contributed by atoms with Gasteiger partial charge in [0.1, 0.15) is 5.82 Å². The van der Waals surface area contributed by atoms with Gasteiger partial charge in [-0.3, -0.25) is 14.5 Å². The summed E-state index contributed by atoms with van der Waals surface area (Å²) in [5.41, 5.74) is 4.35.